The van der Waals surface area contributed by atoms with Gasteiger partial charge in [-0.15, -0.1) is 0 Å². The molecule has 0 bridgehead atoms. The summed E-state index contributed by atoms with van der Waals surface area (Å²) >= 11 is 0. The maximum atomic E-state index is 13.9. The van der Waals surface area contributed by atoms with Crippen LogP contribution in [0.5, 0.6) is 0 Å². The van der Waals surface area contributed by atoms with E-state index in [-0.39, 0.29) is 43.0 Å². The third-order valence-corrected chi connectivity index (χ3v) is 9.41. The molecule has 4 rings (SSSR count). The SMILES string of the molecule is CCOC(=O)CCN(C(=O)[C@H](CC(=O)NC[C@@H]1CCCN(C=NNC(=O)OCC)C1)NS(=O)(=O)c1ccc2ccccc2c1)C1CC1. The molecule has 2 atom stereocenters. The monoisotopic (exact) mass is 672 g/mol. The number of nitrogens with one attached hydrogen (secondary N) is 3. The number of amides is 3. The molecule has 3 N–H and O–H groups in total. The van der Waals surface area contributed by atoms with E-state index in [1.807, 2.05) is 17.0 Å². The van der Waals surface area contributed by atoms with Crippen molar-refractivity contribution < 1.29 is 37.1 Å². The fraction of sp³-hybridized carbons (Fsp3) is 0.531. The highest BCUT2D eigenvalue weighted by Crippen LogP contribution is 2.28. The number of piperidine rings is 1. The zero-order valence-electron chi connectivity index (χ0n) is 26.9. The summed E-state index contributed by atoms with van der Waals surface area (Å²) in [5, 5.41) is 8.35. The Morgan fingerprint density at radius 2 is 1.79 bits per heavy atom. The van der Waals surface area contributed by atoms with Crippen LogP contribution in [0, 0.1) is 5.92 Å². The molecule has 1 saturated heterocycles. The second kappa shape index (κ2) is 17.1. The van der Waals surface area contributed by atoms with Crippen LogP contribution < -0.4 is 15.5 Å². The van der Waals surface area contributed by atoms with Crippen molar-refractivity contribution in [2.75, 3.05) is 39.4 Å². The highest BCUT2D eigenvalue weighted by Gasteiger charge is 2.38. The number of rotatable bonds is 16. The number of esters is 1. The third-order valence-electron chi connectivity index (χ3n) is 7.94. The average Bonchev–Trinajstić information content (AvgIpc) is 3.89. The molecule has 2 aliphatic rings. The van der Waals surface area contributed by atoms with Gasteiger partial charge in [0.15, 0.2) is 0 Å². The molecule has 1 heterocycles. The van der Waals surface area contributed by atoms with Crippen LogP contribution >= 0.6 is 0 Å². The van der Waals surface area contributed by atoms with E-state index in [0.29, 0.717) is 18.5 Å². The summed E-state index contributed by atoms with van der Waals surface area (Å²) in [5.74, 6) is -1.44. The Bertz CT molecular complexity index is 1550. The molecule has 256 valence electrons. The quantitative estimate of drug-likeness (QED) is 0.105. The Balaban J connectivity index is 1.44. The van der Waals surface area contributed by atoms with Crippen molar-refractivity contribution >= 4 is 51.0 Å². The normalized spacial score (nSPS) is 17.2. The molecule has 1 saturated carbocycles. The Hall–Kier alpha value is -4.24. The molecule has 2 fully saturated rings. The van der Waals surface area contributed by atoms with Gasteiger partial charge < -0.3 is 24.6 Å². The van der Waals surface area contributed by atoms with Crippen molar-refractivity contribution in [1.29, 1.82) is 0 Å². The molecule has 2 aromatic rings. The van der Waals surface area contributed by atoms with Crippen LogP contribution in [0.15, 0.2) is 52.5 Å². The van der Waals surface area contributed by atoms with E-state index >= 15 is 0 Å². The minimum atomic E-state index is -4.21. The Morgan fingerprint density at radius 1 is 1.04 bits per heavy atom. The molecule has 14 nitrogen and oxygen atoms in total. The fourth-order valence-corrected chi connectivity index (χ4v) is 6.71. The average molecular weight is 673 g/mol. The van der Waals surface area contributed by atoms with Crippen LogP contribution in [-0.4, -0.2) is 99.9 Å². The molecule has 1 aliphatic heterocycles. The molecule has 15 heteroatoms. The first-order chi connectivity index (χ1) is 22.6. The van der Waals surface area contributed by atoms with Gasteiger partial charge in [0.2, 0.25) is 21.8 Å². The standard InChI is InChI=1S/C32H44N6O8S/c1-3-45-30(40)15-17-38(26-12-13-26)31(41)28(36-47(43,44)27-14-11-24-9-5-6-10-25(24)18-27)19-29(39)33-20-23-8-7-16-37(21-23)22-34-35-32(42)46-4-2/h5-6,9-11,14,18,22-23,26,28,36H,3-4,7-8,12-13,15-17,19-21H2,1-2H3,(H,33,39)(H,35,42)/t23-,28-/m0/s1. The van der Waals surface area contributed by atoms with E-state index in [1.54, 1.807) is 32.0 Å². The van der Waals surface area contributed by atoms with E-state index in [1.165, 1.54) is 23.4 Å². The van der Waals surface area contributed by atoms with E-state index < -0.39 is 46.4 Å². The summed E-state index contributed by atoms with van der Waals surface area (Å²) in [6.45, 7) is 5.50. The molecule has 0 radical (unpaired) electrons. The molecule has 0 unspecified atom stereocenters. The Labute approximate surface area is 275 Å². The second-order valence-electron chi connectivity index (χ2n) is 11.6. The summed E-state index contributed by atoms with van der Waals surface area (Å²) in [6, 6.07) is 10.5. The van der Waals surface area contributed by atoms with E-state index in [2.05, 4.69) is 20.6 Å². The van der Waals surface area contributed by atoms with Crippen molar-refractivity contribution in [2.24, 2.45) is 11.0 Å². The van der Waals surface area contributed by atoms with Crippen molar-refractivity contribution in [3.63, 3.8) is 0 Å². The van der Waals surface area contributed by atoms with Gasteiger partial charge >= 0.3 is 12.1 Å². The summed E-state index contributed by atoms with van der Waals surface area (Å²) in [7, 11) is -4.21. The summed E-state index contributed by atoms with van der Waals surface area (Å²) in [6.07, 6.45) is 3.55. The van der Waals surface area contributed by atoms with Crippen molar-refractivity contribution in [3.8, 4) is 0 Å². The van der Waals surface area contributed by atoms with Gasteiger partial charge in [0.1, 0.15) is 12.4 Å². The predicted octanol–water partition coefficient (Wildman–Crippen LogP) is 2.34. The van der Waals surface area contributed by atoms with Gasteiger partial charge in [-0.2, -0.15) is 9.82 Å². The van der Waals surface area contributed by atoms with Crippen LogP contribution in [-0.2, 0) is 33.9 Å². The highest BCUT2D eigenvalue weighted by atomic mass is 32.2. The second-order valence-corrected chi connectivity index (χ2v) is 13.3. The number of ether oxygens (including phenoxy) is 2. The number of benzene rings is 2. The Kier molecular flexibility index (Phi) is 12.9. The lowest BCUT2D eigenvalue weighted by Gasteiger charge is -2.31. The molecule has 1 aliphatic carbocycles. The molecule has 3 amide bonds. The fourth-order valence-electron chi connectivity index (χ4n) is 5.48. The third kappa shape index (κ3) is 10.9. The van der Waals surface area contributed by atoms with Gasteiger partial charge in [-0.25, -0.2) is 18.6 Å². The van der Waals surface area contributed by atoms with Crippen LogP contribution in [0.1, 0.15) is 52.4 Å². The van der Waals surface area contributed by atoms with Gasteiger partial charge in [-0.3, -0.25) is 14.4 Å². The van der Waals surface area contributed by atoms with E-state index in [9.17, 15) is 27.6 Å². The van der Waals surface area contributed by atoms with E-state index in [0.717, 1.165) is 37.6 Å². The zero-order chi connectivity index (χ0) is 33.8. The van der Waals surface area contributed by atoms with Crippen LogP contribution in [0.3, 0.4) is 0 Å². The summed E-state index contributed by atoms with van der Waals surface area (Å²) in [4.78, 5) is 54.1. The molecule has 0 aromatic heterocycles. The molecule has 0 spiro atoms. The zero-order valence-corrected chi connectivity index (χ0v) is 27.7. The predicted molar refractivity (Wildman–Crippen MR) is 175 cm³/mol. The van der Waals surface area contributed by atoms with Crippen LogP contribution in [0.4, 0.5) is 4.79 Å². The number of hydrazone groups is 1. The summed E-state index contributed by atoms with van der Waals surface area (Å²) in [5.41, 5.74) is 2.29. The molecule has 47 heavy (non-hydrogen) atoms. The van der Waals surface area contributed by atoms with Crippen LogP contribution in [0.2, 0.25) is 0 Å². The number of sulfonamides is 1. The van der Waals surface area contributed by atoms with Crippen molar-refractivity contribution in [2.45, 2.75) is 69.4 Å². The minimum absolute atomic E-state index is 0.0275. The lowest BCUT2D eigenvalue weighted by molar-refractivity contribution is -0.144. The van der Waals surface area contributed by atoms with Gasteiger partial charge in [0, 0.05) is 32.2 Å². The first-order valence-electron chi connectivity index (χ1n) is 16.0. The molecule has 2 aromatic carbocycles. The smallest absolute Gasteiger partial charge is 0.427 e. The van der Waals surface area contributed by atoms with Gasteiger partial charge in [0.25, 0.3) is 0 Å². The first kappa shape index (κ1) is 35.6. The maximum Gasteiger partial charge on any atom is 0.427 e. The van der Waals surface area contributed by atoms with Gasteiger partial charge in [0.05, 0.1) is 31.0 Å². The lowest BCUT2D eigenvalue weighted by Crippen LogP contribution is -2.52. The van der Waals surface area contributed by atoms with E-state index in [4.69, 9.17) is 9.47 Å². The number of carbonyl (C=O) groups is 4. The largest absolute Gasteiger partial charge is 0.466 e. The minimum Gasteiger partial charge on any atom is -0.466 e. The van der Waals surface area contributed by atoms with Crippen LogP contribution in [0.25, 0.3) is 10.8 Å². The lowest BCUT2D eigenvalue weighted by atomic mass is 9.98. The van der Waals surface area contributed by atoms with Crippen molar-refractivity contribution in [1.82, 2.24) is 25.3 Å². The highest BCUT2D eigenvalue weighted by molar-refractivity contribution is 7.89. The number of likely N-dealkylation sites (tertiary alicyclic amines) is 1. The number of hydrogen-bond acceptors (Lipinski definition) is 9. The number of hydrogen-bond donors (Lipinski definition) is 3. The number of carbonyl (C=O) groups excluding carboxylic acids is 4. The van der Waals surface area contributed by atoms with Gasteiger partial charge in [-0.05, 0) is 68.4 Å². The van der Waals surface area contributed by atoms with Gasteiger partial charge in [-0.1, -0.05) is 30.3 Å². The summed E-state index contributed by atoms with van der Waals surface area (Å²) < 4.78 is 39.5. The molecular formula is C32H44N6O8S. The Morgan fingerprint density at radius 3 is 2.51 bits per heavy atom. The number of fused-ring (bicyclic) bond motifs is 1. The topological polar surface area (TPSA) is 176 Å². The van der Waals surface area contributed by atoms with Crippen molar-refractivity contribution in [3.05, 3.63) is 42.5 Å². The number of nitrogens with zero attached hydrogens (tertiary/aromatic N) is 3. The first-order valence-corrected chi connectivity index (χ1v) is 17.5. The maximum absolute atomic E-state index is 13.9. The molecular weight excluding hydrogens is 628 g/mol.